The van der Waals surface area contributed by atoms with Crippen LogP contribution in [0.1, 0.15) is 248 Å². The zero-order valence-electron chi connectivity index (χ0n) is 40.1. The molecule has 0 atom stereocenters. The van der Waals surface area contributed by atoms with Gasteiger partial charge in [0.2, 0.25) is 0 Å². The topological polar surface area (TPSA) is 20.2 Å². The summed E-state index contributed by atoms with van der Waals surface area (Å²) in [6, 6.07) is 0. The Morgan fingerprint density at radius 1 is 0.479 bits per heavy atom. The lowest BCUT2D eigenvalue weighted by Crippen LogP contribution is -2.25. The fourth-order valence-corrected chi connectivity index (χ4v) is 0.750. The second kappa shape index (κ2) is 30.5. The van der Waals surface area contributed by atoms with Crippen LogP contribution in [0, 0.1) is 44.3 Å². The first kappa shape index (κ1) is 69.6. The molecule has 0 rings (SSSR count). The lowest BCUT2D eigenvalue weighted by atomic mass is 9.71. The molecule has 1 nitrogen and oxygen atoms in total. The smallest absolute Gasteiger partial charge is 0.102 e. The van der Waals surface area contributed by atoms with E-state index in [9.17, 15) is 4.39 Å². The number of halogens is 1. The Hall–Kier alpha value is -0.110. The summed E-state index contributed by atoms with van der Waals surface area (Å²) < 4.78 is 11.7. The van der Waals surface area contributed by atoms with Crippen molar-refractivity contribution in [1.29, 1.82) is 0 Å². The van der Waals surface area contributed by atoms with Gasteiger partial charge in [-0.05, 0) is 92.3 Å². The molecule has 0 unspecified atom stereocenters. The minimum atomic E-state index is -1.00. The fraction of sp³-hybridized carbons (Fsp3) is 1.00. The Kier molecular flexibility index (Phi) is 44.3. The third kappa shape index (κ3) is 193. The first-order valence-electron chi connectivity index (χ1n) is 19.0. The molecule has 0 aromatic heterocycles. The number of aliphatic hydroxyl groups is 1. The third-order valence-electron chi connectivity index (χ3n) is 6.04. The molecule has 0 aromatic rings. The molecule has 2 heteroatoms. The van der Waals surface area contributed by atoms with Crippen LogP contribution in [0.4, 0.5) is 4.39 Å². The average Bonchev–Trinajstić information content (AvgIpc) is 2.61. The van der Waals surface area contributed by atoms with E-state index >= 15 is 0 Å². The van der Waals surface area contributed by atoms with Gasteiger partial charge in [-0.1, -0.05) is 200 Å². The van der Waals surface area contributed by atoms with Gasteiger partial charge in [0.15, 0.2) is 0 Å². The van der Waals surface area contributed by atoms with E-state index in [1.54, 1.807) is 20.8 Å². The van der Waals surface area contributed by atoms with Crippen LogP contribution in [0.3, 0.4) is 0 Å². The summed E-state index contributed by atoms with van der Waals surface area (Å²) in [5, 5.41) is 8.52. The number of hydrogen-bond donors (Lipinski definition) is 1. The van der Waals surface area contributed by atoms with Crippen molar-refractivity contribution in [3.05, 3.63) is 0 Å². The highest BCUT2D eigenvalue weighted by atomic mass is 19.1. The average molecular weight is 697 g/mol. The van der Waals surface area contributed by atoms with Crippen molar-refractivity contribution in [2.45, 2.75) is 260 Å². The van der Waals surface area contributed by atoms with E-state index in [-0.39, 0.29) is 7.43 Å². The zero-order valence-corrected chi connectivity index (χ0v) is 40.1. The molecule has 48 heavy (non-hydrogen) atoms. The number of hydrogen-bond acceptors (Lipinski definition) is 1. The SMILES string of the molecule is C.CC(C)(C)C.CC(C)(C)C(C)(C)C.CC(C)(C)F.CC(C)(C)O.CC(C)C.CC(C)C(C)(C)C.CCC(C)(C)C.CCCC(C)(C)C. The van der Waals surface area contributed by atoms with Crippen LogP contribution in [0.5, 0.6) is 0 Å². The Labute approximate surface area is 312 Å². The molecule has 1 N–H and O–H groups in total. The molecule has 0 aromatic carbocycles. The molecule has 0 bridgehead atoms. The first-order valence-corrected chi connectivity index (χ1v) is 19.0. The summed E-state index contributed by atoms with van der Waals surface area (Å²) in [5.41, 5.74) is 1.47. The lowest BCUT2D eigenvalue weighted by molar-refractivity contribution is 0.102. The van der Waals surface area contributed by atoms with Gasteiger partial charge in [0.05, 0.1) is 5.60 Å². The molecule has 0 fully saturated rings. The van der Waals surface area contributed by atoms with Crippen LogP contribution in [-0.4, -0.2) is 16.4 Å². The second-order valence-electron chi connectivity index (χ2n) is 23.2. The molecule has 0 aliphatic heterocycles. The third-order valence-corrected chi connectivity index (χ3v) is 6.04. The zero-order chi connectivity index (χ0) is 41.3. The van der Waals surface area contributed by atoms with Gasteiger partial charge < -0.3 is 5.11 Å². The summed E-state index contributed by atoms with van der Waals surface area (Å²) in [7, 11) is 0. The van der Waals surface area contributed by atoms with Crippen molar-refractivity contribution < 1.29 is 9.50 Å². The Morgan fingerprint density at radius 2 is 0.604 bits per heavy atom. The minimum Gasteiger partial charge on any atom is -0.391 e. The highest BCUT2D eigenvalue weighted by molar-refractivity contribution is 4.77. The highest BCUT2D eigenvalue weighted by Gasteiger charge is 2.26. The van der Waals surface area contributed by atoms with Gasteiger partial charge in [-0.2, -0.15) is 0 Å². The van der Waals surface area contributed by atoms with E-state index in [2.05, 4.69) is 180 Å². The van der Waals surface area contributed by atoms with Gasteiger partial charge in [-0.3, -0.25) is 0 Å². The predicted molar refractivity (Wildman–Crippen MR) is 233 cm³/mol. The van der Waals surface area contributed by atoms with Gasteiger partial charge >= 0.3 is 0 Å². The van der Waals surface area contributed by atoms with Crippen molar-refractivity contribution in [3.8, 4) is 0 Å². The van der Waals surface area contributed by atoms with Crippen LogP contribution in [-0.2, 0) is 0 Å². The van der Waals surface area contributed by atoms with Crippen LogP contribution in [0.2, 0.25) is 0 Å². The minimum absolute atomic E-state index is 0. The summed E-state index contributed by atoms with van der Waals surface area (Å²) in [6.45, 7) is 67.9. The van der Waals surface area contributed by atoms with E-state index in [0.29, 0.717) is 32.5 Å². The van der Waals surface area contributed by atoms with Crippen molar-refractivity contribution >= 4 is 0 Å². The number of alkyl halides is 1. The predicted octanol–water partition coefficient (Wildman–Crippen LogP) is 17.9. The van der Waals surface area contributed by atoms with Gasteiger partial charge in [0.1, 0.15) is 5.67 Å². The highest BCUT2D eigenvalue weighted by Crippen LogP contribution is 2.36. The largest absolute Gasteiger partial charge is 0.391 e. The maximum Gasteiger partial charge on any atom is 0.102 e. The van der Waals surface area contributed by atoms with E-state index in [1.165, 1.54) is 40.0 Å². The van der Waals surface area contributed by atoms with Crippen molar-refractivity contribution in [3.63, 3.8) is 0 Å². The Morgan fingerprint density at radius 3 is 0.604 bits per heavy atom. The van der Waals surface area contributed by atoms with Crippen LogP contribution in [0.15, 0.2) is 0 Å². The molecule has 0 aliphatic rings. The molecule has 0 saturated carbocycles. The first-order chi connectivity index (χ1) is 19.5. The van der Waals surface area contributed by atoms with E-state index in [1.807, 2.05) is 0 Å². The molecule has 0 amide bonds. The molecule has 0 heterocycles. The van der Waals surface area contributed by atoms with E-state index in [0.717, 1.165) is 11.8 Å². The molecule has 0 radical (unpaired) electrons. The van der Waals surface area contributed by atoms with Crippen LogP contribution >= 0.6 is 0 Å². The fourth-order valence-electron chi connectivity index (χ4n) is 0.750. The lowest BCUT2D eigenvalue weighted by Gasteiger charge is -2.34. The Bertz CT molecular complexity index is 538. The van der Waals surface area contributed by atoms with Crippen LogP contribution in [0.25, 0.3) is 0 Å². The van der Waals surface area contributed by atoms with E-state index in [4.69, 9.17) is 5.11 Å². The molecular weight excluding hydrogens is 588 g/mol. The second-order valence-corrected chi connectivity index (χ2v) is 23.2. The quantitative estimate of drug-likeness (QED) is 0.289. The van der Waals surface area contributed by atoms with Crippen molar-refractivity contribution in [2.75, 3.05) is 0 Å². The maximum atomic E-state index is 11.7. The Balaban J connectivity index is -0.0000000520. The summed E-state index contributed by atoms with van der Waals surface area (Å²) in [6.07, 6.45) is 3.92. The van der Waals surface area contributed by atoms with Gasteiger partial charge in [-0.15, -0.1) is 0 Å². The standard InChI is InChI=1S/C8H18.2C7H16.C6H14.C5H12.C4H9F.C4H10O.C4H10.CH4/c1-7(2,3)8(4,5)6;1-6(2)7(3,4)5;1-5-6-7(2,3)4;1-5-6(2,3)4;1-5(2,3)4;2*1-4(2,3)5;1-4(2)3;/h1-6H3;6H,1-5H3;5-6H2,1-4H3;5H2,1-4H3;1-4H3;1-3H3;5H,1-3H3;4H,1-3H3;1H4. The maximum absolute atomic E-state index is 11.7. The molecule has 306 valence electrons. The number of rotatable bonds is 1. The van der Waals surface area contributed by atoms with Gasteiger partial charge in [0.25, 0.3) is 0 Å². The molecule has 0 aliphatic carbocycles. The van der Waals surface area contributed by atoms with E-state index < -0.39 is 11.3 Å². The molecule has 0 saturated heterocycles. The summed E-state index contributed by atoms with van der Waals surface area (Å²) >= 11 is 0. The summed E-state index contributed by atoms with van der Waals surface area (Å²) in [5.74, 6) is 1.63. The van der Waals surface area contributed by atoms with Gasteiger partial charge in [-0.25, -0.2) is 4.39 Å². The monoisotopic (exact) mass is 697 g/mol. The molecular formula is C46H109FO. The molecule has 0 spiro atoms. The van der Waals surface area contributed by atoms with Crippen molar-refractivity contribution in [2.24, 2.45) is 44.3 Å². The summed E-state index contributed by atoms with van der Waals surface area (Å²) in [4.78, 5) is 0. The van der Waals surface area contributed by atoms with Crippen molar-refractivity contribution in [1.82, 2.24) is 0 Å². The van der Waals surface area contributed by atoms with Crippen LogP contribution < -0.4 is 0 Å². The normalized spacial score (nSPS) is 12.0. The van der Waals surface area contributed by atoms with Gasteiger partial charge in [0, 0.05) is 0 Å².